The SMILES string of the molecule is CCC(C(=O)Nc1ccc(C)c(C)c1)n1c(=O)cc(C)c2cccc(C)c21. The van der Waals surface area contributed by atoms with Crippen LogP contribution in [0.4, 0.5) is 5.69 Å². The zero-order valence-corrected chi connectivity index (χ0v) is 16.6. The van der Waals surface area contributed by atoms with Gasteiger partial charge in [-0.2, -0.15) is 0 Å². The summed E-state index contributed by atoms with van der Waals surface area (Å²) in [6.07, 6.45) is 0.531. The van der Waals surface area contributed by atoms with Crippen LogP contribution < -0.4 is 10.9 Å². The zero-order valence-electron chi connectivity index (χ0n) is 16.6. The lowest BCUT2D eigenvalue weighted by atomic mass is 10.0. The molecule has 140 valence electrons. The van der Waals surface area contributed by atoms with Crippen molar-refractivity contribution in [1.29, 1.82) is 0 Å². The Morgan fingerprint density at radius 2 is 1.70 bits per heavy atom. The quantitative estimate of drug-likeness (QED) is 0.723. The minimum atomic E-state index is -0.566. The highest BCUT2D eigenvalue weighted by Gasteiger charge is 2.23. The number of benzene rings is 2. The van der Waals surface area contributed by atoms with E-state index in [1.54, 1.807) is 10.6 Å². The molecule has 0 spiro atoms. The average Bonchev–Trinajstić information content (AvgIpc) is 2.62. The van der Waals surface area contributed by atoms with Gasteiger partial charge in [0, 0.05) is 17.1 Å². The largest absolute Gasteiger partial charge is 0.324 e. The van der Waals surface area contributed by atoms with E-state index in [1.165, 1.54) is 5.56 Å². The Hall–Kier alpha value is -2.88. The van der Waals surface area contributed by atoms with Gasteiger partial charge in [-0.15, -0.1) is 0 Å². The molecule has 0 aliphatic heterocycles. The summed E-state index contributed by atoms with van der Waals surface area (Å²) in [6.45, 7) is 9.90. The number of hydrogen-bond donors (Lipinski definition) is 1. The molecule has 0 fully saturated rings. The van der Waals surface area contributed by atoms with Crippen LogP contribution in [0.15, 0.2) is 47.3 Å². The van der Waals surface area contributed by atoms with E-state index in [0.29, 0.717) is 6.42 Å². The predicted octanol–water partition coefficient (Wildman–Crippen LogP) is 4.82. The van der Waals surface area contributed by atoms with Gasteiger partial charge in [-0.3, -0.25) is 14.2 Å². The lowest BCUT2D eigenvalue weighted by Gasteiger charge is -2.22. The van der Waals surface area contributed by atoms with Gasteiger partial charge < -0.3 is 5.32 Å². The number of rotatable bonds is 4. The average molecular weight is 362 g/mol. The first kappa shape index (κ1) is 18.9. The van der Waals surface area contributed by atoms with E-state index in [-0.39, 0.29) is 11.5 Å². The maximum Gasteiger partial charge on any atom is 0.252 e. The van der Waals surface area contributed by atoms with Crippen LogP contribution in [-0.4, -0.2) is 10.5 Å². The summed E-state index contributed by atoms with van der Waals surface area (Å²) in [6, 6.07) is 12.9. The van der Waals surface area contributed by atoms with Gasteiger partial charge in [0.1, 0.15) is 6.04 Å². The van der Waals surface area contributed by atoms with Crippen LogP contribution in [0.2, 0.25) is 0 Å². The Bertz CT molecular complexity index is 1080. The zero-order chi connectivity index (χ0) is 19.7. The second-order valence-electron chi connectivity index (χ2n) is 7.22. The first-order chi connectivity index (χ1) is 12.8. The number of amides is 1. The number of hydrogen-bond acceptors (Lipinski definition) is 2. The molecule has 3 rings (SSSR count). The van der Waals surface area contributed by atoms with Crippen molar-refractivity contribution >= 4 is 22.5 Å². The summed E-state index contributed by atoms with van der Waals surface area (Å²) < 4.78 is 1.65. The van der Waals surface area contributed by atoms with Gasteiger partial charge in [0.25, 0.3) is 5.56 Å². The minimum absolute atomic E-state index is 0.142. The van der Waals surface area contributed by atoms with Crippen molar-refractivity contribution in [2.45, 2.75) is 47.1 Å². The van der Waals surface area contributed by atoms with Crippen LogP contribution >= 0.6 is 0 Å². The highest BCUT2D eigenvalue weighted by atomic mass is 16.2. The molecule has 1 atom stereocenters. The number of nitrogens with zero attached hydrogens (tertiary/aromatic N) is 1. The maximum absolute atomic E-state index is 13.1. The summed E-state index contributed by atoms with van der Waals surface area (Å²) in [5.74, 6) is -0.170. The molecule has 0 saturated carbocycles. The van der Waals surface area contributed by atoms with Crippen molar-refractivity contribution in [1.82, 2.24) is 4.57 Å². The molecule has 0 bridgehead atoms. The summed E-state index contributed by atoms with van der Waals surface area (Å²) >= 11 is 0. The number of fused-ring (bicyclic) bond motifs is 1. The first-order valence-electron chi connectivity index (χ1n) is 9.33. The van der Waals surface area contributed by atoms with E-state index in [2.05, 4.69) is 5.32 Å². The van der Waals surface area contributed by atoms with Crippen molar-refractivity contribution in [3.63, 3.8) is 0 Å². The number of pyridine rings is 1. The van der Waals surface area contributed by atoms with Crippen LogP contribution in [0.1, 0.15) is 41.6 Å². The van der Waals surface area contributed by atoms with E-state index in [4.69, 9.17) is 0 Å². The van der Waals surface area contributed by atoms with E-state index >= 15 is 0 Å². The number of para-hydroxylation sites is 1. The standard InChI is InChI=1S/C23H26N2O2/c1-6-20(23(27)24-18-11-10-14(2)16(4)12-18)25-21(26)13-17(5)19-9-7-8-15(3)22(19)25/h7-13,20H,6H2,1-5H3,(H,24,27). The number of anilines is 1. The second kappa shape index (κ2) is 7.39. The fraction of sp³-hybridized carbons (Fsp3) is 0.304. The van der Waals surface area contributed by atoms with Crippen LogP contribution in [0.25, 0.3) is 10.9 Å². The molecule has 1 aromatic heterocycles. The molecular formula is C23H26N2O2. The number of aromatic nitrogens is 1. The molecule has 0 radical (unpaired) electrons. The molecule has 27 heavy (non-hydrogen) atoms. The summed E-state index contributed by atoms with van der Waals surface area (Å²) in [4.78, 5) is 25.9. The third-order valence-electron chi connectivity index (χ3n) is 5.26. The van der Waals surface area contributed by atoms with Crippen molar-refractivity contribution in [2.75, 3.05) is 5.32 Å². The Morgan fingerprint density at radius 3 is 2.37 bits per heavy atom. The number of carbonyl (C=O) groups is 1. The fourth-order valence-corrected chi connectivity index (χ4v) is 3.58. The lowest BCUT2D eigenvalue weighted by Crippen LogP contribution is -2.33. The first-order valence-corrected chi connectivity index (χ1v) is 9.33. The monoisotopic (exact) mass is 362 g/mol. The van der Waals surface area contributed by atoms with Gasteiger partial charge in [-0.05, 0) is 68.5 Å². The smallest absolute Gasteiger partial charge is 0.252 e. The van der Waals surface area contributed by atoms with Crippen molar-refractivity contribution in [3.05, 3.63) is 75.1 Å². The van der Waals surface area contributed by atoms with Crippen LogP contribution in [0, 0.1) is 27.7 Å². The van der Waals surface area contributed by atoms with Crippen molar-refractivity contribution in [3.8, 4) is 0 Å². The van der Waals surface area contributed by atoms with Crippen molar-refractivity contribution < 1.29 is 4.79 Å². The Labute approximate surface area is 159 Å². The normalized spacial score (nSPS) is 12.2. The molecular weight excluding hydrogens is 336 g/mol. The predicted molar refractivity (Wildman–Crippen MR) is 112 cm³/mol. The second-order valence-corrected chi connectivity index (χ2v) is 7.22. The number of nitrogens with one attached hydrogen (secondary N) is 1. The molecule has 1 heterocycles. The van der Waals surface area contributed by atoms with E-state index < -0.39 is 6.04 Å². The Kier molecular flexibility index (Phi) is 5.17. The molecule has 0 aliphatic carbocycles. The van der Waals surface area contributed by atoms with Gasteiger partial charge in [0.15, 0.2) is 0 Å². The van der Waals surface area contributed by atoms with Gasteiger partial charge in [0.2, 0.25) is 5.91 Å². The number of carbonyl (C=O) groups excluding carboxylic acids is 1. The third kappa shape index (κ3) is 3.52. The van der Waals surface area contributed by atoms with E-state index in [0.717, 1.165) is 33.3 Å². The van der Waals surface area contributed by atoms with E-state index in [9.17, 15) is 9.59 Å². The Morgan fingerprint density at radius 1 is 0.963 bits per heavy atom. The molecule has 1 amide bonds. The maximum atomic E-state index is 13.1. The summed E-state index contributed by atoms with van der Waals surface area (Å²) in [5.41, 5.74) is 5.67. The third-order valence-corrected chi connectivity index (χ3v) is 5.26. The fourth-order valence-electron chi connectivity index (χ4n) is 3.58. The summed E-state index contributed by atoms with van der Waals surface area (Å²) in [7, 11) is 0. The van der Waals surface area contributed by atoms with Gasteiger partial charge in [-0.25, -0.2) is 0 Å². The molecule has 0 saturated heterocycles. The highest BCUT2D eigenvalue weighted by Crippen LogP contribution is 2.25. The van der Waals surface area contributed by atoms with E-state index in [1.807, 2.05) is 71.0 Å². The summed E-state index contributed by atoms with van der Waals surface area (Å²) in [5, 5.41) is 3.99. The topological polar surface area (TPSA) is 51.1 Å². The highest BCUT2D eigenvalue weighted by molar-refractivity contribution is 5.95. The van der Waals surface area contributed by atoms with Gasteiger partial charge in [0.05, 0.1) is 5.52 Å². The Balaban J connectivity index is 2.09. The molecule has 4 nitrogen and oxygen atoms in total. The minimum Gasteiger partial charge on any atom is -0.324 e. The van der Waals surface area contributed by atoms with Gasteiger partial charge >= 0.3 is 0 Å². The van der Waals surface area contributed by atoms with Crippen molar-refractivity contribution in [2.24, 2.45) is 0 Å². The molecule has 3 aromatic rings. The molecule has 1 unspecified atom stereocenters. The van der Waals surface area contributed by atoms with Crippen LogP contribution in [0.5, 0.6) is 0 Å². The van der Waals surface area contributed by atoms with Gasteiger partial charge in [-0.1, -0.05) is 31.2 Å². The molecule has 2 aromatic carbocycles. The van der Waals surface area contributed by atoms with Crippen LogP contribution in [-0.2, 0) is 4.79 Å². The number of aryl methyl sites for hydroxylation is 4. The molecule has 4 heteroatoms. The molecule has 0 aliphatic rings. The lowest BCUT2D eigenvalue weighted by molar-refractivity contribution is -0.119. The van der Waals surface area contributed by atoms with Crippen LogP contribution in [0.3, 0.4) is 0 Å². The molecule has 1 N–H and O–H groups in total.